The summed E-state index contributed by atoms with van der Waals surface area (Å²) in [4.78, 5) is 6.82. The third-order valence-electron chi connectivity index (χ3n) is 5.42. The second kappa shape index (κ2) is 9.03. The van der Waals surface area contributed by atoms with Crippen LogP contribution >= 0.6 is 0 Å². The molecule has 150 valence electrons. The number of guanidine groups is 1. The summed E-state index contributed by atoms with van der Waals surface area (Å²) in [5.41, 5.74) is 0.769. The zero-order chi connectivity index (χ0) is 19.3. The van der Waals surface area contributed by atoms with Gasteiger partial charge in [0.2, 0.25) is 10.0 Å². The minimum Gasteiger partial charge on any atom is -0.354 e. The van der Waals surface area contributed by atoms with E-state index < -0.39 is 10.0 Å². The first kappa shape index (κ1) is 20.1. The summed E-state index contributed by atoms with van der Waals surface area (Å²) in [6.07, 6.45) is 4.83. The molecule has 1 aliphatic heterocycles. The van der Waals surface area contributed by atoms with E-state index in [-0.39, 0.29) is 0 Å². The van der Waals surface area contributed by atoms with E-state index in [1.54, 1.807) is 23.5 Å². The average Bonchev–Trinajstić information content (AvgIpc) is 3.19. The van der Waals surface area contributed by atoms with Crippen LogP contribution in [0.1, 0.15) is 31.2 Å². The van der Waals surface area contributed by atoms with Crippen LogP contribution in [0.25, 0.3) is 0 Å². The van der Waals surface area contributed by atoms with Gasteiger partial charge >= 0.3 is 0 Å². The SMILES string of the molecule is CN=C(NCc1ccccc1S(=O)(=O)N1CCN(C)CC1)NC1CCCC1. The highest BCUT2D eigenvalue weighted by atomic mass is 32.2. The zero-order valence-electron chi connectivity index (χ0n) is 16.3. The zero-order valence-corrected chi connectivity index (χ0v) is 17.1. The van der Waals surface area contributed by atoms with E-state index in [0.717, 1.165) is 37.5 Å². The lowest BCUT2D eigenvalue weighted by atomic mass is 10.2. The van der Waals surface area contributed by atoms with Crippen molar-refractivity contribution in [2.75, 3.05) is 40.3 Å². The second-order valence-electron chi connectivity index (χ2n) is 7.37. The van der Waals surface area contributed by atoms with Gasteiger partial charge in [-0.05, 0) is 31.5 Å². The van der Waals surface area contributed by atoms with Crippen molar-refractivity contribution in [3.63, 3.8) is 0 Å². The van der Waals surface area contributed by atoms with Crippen LogP contribution in [0, 0.1) is 0 Å². The van der Waals surface area contributed by atoms with Crippen molar-refractivity contribution in [2.45, 2.75) is 43.2 Å². The van der Waals surface area contributed by atoms with E-state index in [4.69, 9.17) is 0 Å². The predicted octanol–water partition coefficient (Wildman–Crippen LogP) is 1.23. The number of hydrogen-bond acceptors (Lipinski definition) is 4. The Labute approximate surface area is 162 Å². The van der Waals surface area contributed by atoms with Gasteiger partial charge in [0.1, 0.15) is 0 Å². The highest BCUT2D eigenvalue weighted by molar-refractivity contribution is 7.89. The molecule has 1 aromatic rings. The Balaban J connectivity index is 1.69. The van der Waals surface area contributed by atoms with Gasteiger partial charge in [0.15, 0.2) is 5.96 Å². The maximum absolute atomic E-state index is 13.1. The van der Waals surface area contributed by atoms with Gasteiger partial charge in [0.25, 0.3) is 0 Å². The minimum absolute atomic E-state index is 0.387. The van der Waals surface area contributed by atoms with E-state index in [1.807, 2.05) is 19.2 Å². The molecule has 2 N–H and O–H groups in total. The second-order valence-corrected chi connectivity index (χ2v) is 9.27. The number of benzene rings is 1. The number of nitrogens with one attached hydrogen (secondary N) is 2. The Morgan fingerprint density at radius 3 is 2.48 bits per heavy atom. The summed E-state index contributed by atoms with van der Waals surface area (Å²) >= 11 is 0. The topological polar surface area (TPSA) is 77.0 Å². The molecule has 0 amide bonds. The van der Waals surface area contributed by atoms with Crippen LogP contribution in [0.4, 0.5) is 0 Å². The van der Waals surface area contributed by atoms with Crippen molar-refractivity contribution in [1.82, 2.24) is 19.8 Å². The van der Waals surface area contributed by atoms with Crippen molar-refractivity contribution >= 4 is 16.0 Å². The van der Waals surface area contributed by atoms with Crippen LogP contribution in [0.15, 0.2) is 34.2 Å². The van der Waals surface area contributed by atoms with E-state index in [9.17, 15) is 8.42 Å². The predicted molar refractivity (Wildman–Crippen MR) is 108 cm³/mol. The number of nitrogens with zero attached hydrogens (tertiary/aromatic N) is 3. The molecule has 0 bridgehead atoms. The van der Waals surface area contributed by atoms with Gasteiger partial charge in [-0.2, -0.15) is 4.31 Å². The molecule has 0 atom stereocenters. The molecule has 2 aliphatic rings. The van der Waals surface area contributed by atoms with Gasteiger partial charge in [-0.15, -0.1) is 0 Å². The van der Waals surface area contributed by atoms with Gasteiger partial charge in [-0.1, -0.05) is 31.0 Å². The largest absolute Gasteiger partial charge is 0.354 e. The molecule has 27 heavy (non-hydrogen) atoms. The van der Waals surface area contributed by atoms with E-state index >= 15 is 0 Å². The van der Waals surface area contributed by atoms with Gasteiger partial charge in [0.05, 0.1) is 4.90 Å². The molecule has 1 aromatic carbocycles. The Bertz CT molecular complexity index is 751. The van der Waals surface area contributed by atoms with E-state index in [2.05, 4.69) is 20.5 Å². The number of rotatable bonds is 5. The summed E-state index contributed by atoms with van der Waals surface area (Å²) in [5, 5.41) is 6.72. The Kier molecular flexibility index (Phi) is 6.73. The summed E-state index contributed by atoms with van der Waals surface area (Å²) in [6.45, 7) is 3.02. The molecular weight excluding hydrogens is 362 g/mol. The quantitative estimate of drug-likeness (QED) is 0.581. The van der Waals surface area contributed by atoms with Crippen LogP contribution in [0.3, 0.4) is 0 Å². The molecule has 1 saturated carbocycles. The smallest absolute Gasteiger partial charge is 0.243 e. The molecule has 7 nitrogen and oxygen atoms in total. The normalized spacial score (nSPS) is 20.7. The van der Waals surface area contributed by atoms with E-state index in [1.165, 1.54) is 12.8 Å². The molecule has 1 heterocycles. The van der Waals surface area contributed by atoms with Crippen LogP contribution in [-0.2, 0) is 16.6 Å². The molecule has 2 fully saturated rings. The Morgan fingerprint density at radius 1 is 1.15 bits per heavy atom. The fourth-order valence-corrected chi connectivity index (χ4v) is 5.35. The van der Waals surface area contributed by atoms with Crippen LogP contribution in [0.5, 0.6) is 0 Å². The molecule has 0 radical (unpaired) electrons. The number of hydrogen-bond donors (Lipinski definition) is 2. The summed E-state index contributed by atoms with van der Waals surface area (Å²) in [5.74, 6) is 0.730. The van der Waals surface area contributed by atoms with Crippen molar-refractivity contribution in [1.29, 1.82) is 0 Å². The molecule has 1 saturated heterocycles. The van der Waals surface area contributed by atoms with Gasteiger partial charge in [-0.3, -0.25) is 4.99 Å². The van der Waals surface area contributed by atoms with E-state index in [0.29, 0.717) is 30.6 Å². The maximum atomic E-state index is 13.1. The highest BCUT2D eigenvalue weighted by Gasteiger charge is 2.29. The molecule has 0 unspecified atom stereocenters. The lowest BCUT2D eigenvalue weighted by Gasteiger charge is -2.32. The monoisotopic (exact) mass is 393 g/mol. The lowest BCUT2D eigenvalue weighted by Crippen LogP contribution is -2.47. The first-order valence-corrected chi connectivity index (χ1v) is 11.2. The first-order valence-electron chi connectivity index (χ1n) is 9.74. The van der Waals surface area contributed by atoms with Crippen LogP contribution in [-0.4, -0.2) is 69.9 Å². The number of aliphatic imine (C=N–C) groups is 1. The number of sulfonamides is 1. The minimum atomic E-state index is -3.49. The fraction of sp³-hybridized carbons (Fsp3) is 0.632. The fourth-order valence-electron chi connectivity index (χ4n) is 3.71. The molecule has 3 rings (SSSR count). The van der Waals surface area contributed by atoms with Crippen molar-refractivity contribution in [3.05, 3.63) is 29.8 Å². The summed E-state index contributed by atoms with van der Waals surface area (Å²) < 4.78 is 27.9. The lowest BCUT2D eigenvalue weighted by molar-refractivity contribution is 0.222. The Hall–Kier alpha value is -1.64. The van der Waals surface area contributed by atoms with Crippen molar-refractivity contribution < 1.29 is 8.42 Å². The number of likely N-dealkylation sites (N-methyl/N-ethyl adjacent to an activating group) is 1. The van der Waals surface area contributed by atoms with Gasteiger partial charge in [-0.25, -0.2) is 8.42 Å². The highest BCUT2D eigenvalue weighted by Crippen LogP contribution is 2.21. The van der Waals surface area contributed by atoms with Gasteiger partial charge < -0.3 is 15.5 Å². The van der Waals surface area contributed by atoms with Crippen LogP contribution in [0.2, 0.25) is 0 Å². The summed E-state index contributed by atoms with van der Waals surface area (Å²) in [6, 6.07) is 7.71. The maximum Gasteiger partial charge on any atom is 0.243 e. The van der Waals surface area contributed by atoms with Crippen molar-refractivity contribution in [2.24, 2.45) is 4.99 Å². The molecule has 8 heteroatoms. The van der Waals surface area contributed by atoms with Crippen LogP contribution < -0.4 is 10.6 Å². The summed E-state index contributed by atoms with van der Waals surface area (Å²) in [7, 11) is 0.279. The number of piperazine rings is 1. The molecular formula is C19H31N5O2S. The third kappa shape index (κ3) is 5.00. The molecule has 1 aliphatic carbocycles. The standard InChI is InChI=1S/C19H31N5O2S/c1-20-19(22-17-8-4-5-9-17)21-15-16-7-3-6-10-18(16)27(25,26)24-13-11-23(2)12-14-24/h3,6-7,10,17H,4-5,8-9,11-15H2,1-2H3,(H2,20,21,22). The Morgan fingerprint density at radius 2 is 1.81 bits per heavy atom. The molecule has 0 spiro atoms. The average molecular weight is 394 g/mol. The molecule has 0 aromatic heterocycles. The first-order chi connectivity index (χ1) is 13.0. The van der Waals surface area contributed by atoms with Crippen molar-refractivity contribution in [3.8, 4) is 0 Å². The third-order valence-corrected chi connectivity index (χ3v) is 7.42. The van der Waals surface area contributed by atoms with Gasteiger partial charge in [0, 0.05) is 45.8 Å².